The maximum atomic E-state index is 9.82. The van der Waals surface area contributed by atoms with Gasteiger partial charge in [0.05, 0.1) is 0 Å². The average Bonchev–Trinajstić information content (AvgIpc) is 1.21. The van der Waals surface area contributed by atoms with Crippen molar-refractivity contribution in [2.45, 2.75) is 5.21 Å². The summed E-state index contributed by atoms with van der Waals surface area (Å²) in [7, 11) is 0. The Labute approximate surface area is 105 Å². The van der Waals surface area contributed by atoms with Crippen molar-refractivity contribution in [2.24, 2.45) is 0 Å². The van der Waals surface area contributed by atoms with Gasteiger partial charge < -0.3 is 0 Å². The fourth-order valence-electron chi connectivity index (χ4n) is 0.176. The molecule has 0 fully saturated rings. The van der Waals surface area contributed by atoms with Crippen molar-refractivity contribution in [1.82, 2.24) is 0 Å². The van der Waals surface area contributed by atoms with Crippen LogP contribution in [-0.4, -0.2) is 92.6 Å². The average molecular weight is 230 g/mol. The molecule has 10 heavy (non-hydrogen) atoms. The van der Waals surface area contributed by atoms with E-state index in [0.29, 0.717) is 0 Å². The van der Waals surface area contributed by atoms with E-state index in [1.807, 2.05) is 0 Å². The molecule has 5 nitrogen and oxygen atoms in total. The van der Waals surface area contributed by atoms with Crippen LogP contribution in [0.1, 0.15) is 0 Å². The van der Waals surface area contributed by atoms with Crippen molar-refractivity contribution in [3.8, 4) is 0 Å². The molecule has 0 saturated heterocycles. The molecule has 0 bridgehead atoms. The third-order valence-corrected chi connectivity index (χ3v) is 1.77. The summed E-state index contributed by atoms with van der Waals surface area (Å²) in [6.45, 7) is 0. The molecule has 0 atom stereocenters. The molecule has 0 heterocycles. The van der Waals surface area contributed by atoms with Crippen LogP contribution in [0.15, 0.2) is 0 Å². The van der Waals surface area contributed by atoms with Gasteiger partial charge in [-0.2, -0.15) is 0 Å². The number of hydrogen-bond acceptors (Lipinski definition) is 2. The zero-order valence-corrected chi connectivity index (χ0v) is 11.7. The first-order valence-electron chi connectivity index (χ1n) is 1.68. The SMILES string of the molecule is O=C(O)C[As](=O)(O)O.[Na].[Na]. The van der Waals surface area contributed by atoms with Crippen LogP contribution in [0, 0.1) is 0 Å². The predicted molar refractivity (Wildman–Crippen MR) is 34.8 cm³/mol. The maximum absolute atomic E-state index is 9.82. The molecule has 8 heteroatoms. The Morgan fingerprint density at radius 3 is 1.60 bits per heavy atom. The molecule has 0 aromatic heterocycles. The zero-order valence-electron chi connectivity index (χ0n) is 5.81. The van der Waals surface area contributed by atoms with Crippen molar-refractivity contribution >= 4 is 79.3 Å². The van der Waals surface area contributed by atoms with Gasteiger partial charge in [0.15, 0.2) is 0 Å². The van der Waals surface area contributed by atoms with Crippen molar-refractivity contribution < 1.29 is 21.8 Å². The molecule has 0 amide bonds. The monoisotopic (exact) mass is 230 g/mol. The van der Waals surface area contributed by atoms with Crippen LogP contribution in [0.3, 0.4) is 0 Å². The summed E-state index contributed by atoms with van der Waals surface area (Å²) in [5.74, 6) is -1.46. The third kappa shape index (κ3) is 16.4. The normalized spacial score (nSPS) is 9.00. The molecule has 0 aliphatic heterocycles. The van der Waals surface area contributed by atoms with Gasteiger partial charge in [0.2, 0.25) is 0 Å². The van der Waals surface area contributed by atoms with Gasteiger partial charge in [-0.1, -0.05) is 0 Å². The smallest absolute Gasteiger partial charge is 0 e. The minimum atomic E-state index is -4.86. The number of carbonyl (C=O) groups is 1. The molecule has 0 aromatic rings. The van der Waals surface area contributed by atoms with Gasteiger partial charge in [0, 0.05) is 59.1 Å². The largest absolute Gasteiger partial charge is 0 e. The molecule has 2 radical (unpaired) electrons. The van der Waals surface area contributed by atoms with Crippen LogP contribution in [0.4, 0.5) is 0 Å². The molecule has 0 spiro atoms. The summed E-state index contributed by atoms with van der Waals surface area (Å²) in [5.41, 5.74) is 0. The Hall–Kier alpha value is 1.75. The first-order valence-corrected chi connectivity index (χ1v) is 5.45. The molecule has 0 saturated carbocycles. The van der Waals surface area contributed by atoms with E-state index < -0.39 is 25.4 Å². The molecular formula is C2H5AsNa2O5. The van der Waals surface area contributed by atoms with Gasteiger partial charge in [0.25, 0.3) is 0 Å². The second kappa shape index (κ2) is 7.40. The Kier molecular flexibility index (Phi) is 13.1. The molecule has 0 aromatic carbocycles. The van der Waals surface area contributed by atoms with E-state index in [-0.39, 0.29) is 59.1 Å². The van der Waals surface area contributed by atoms with E-state index in [4.69, 9.17) is 13.3 Å². The first kappa shape index (κ1) is 17.7. The summed E-state index contributed by atoms with van der Waals surface area (Å²) in [6, 6.07) is 0. The van der Waals surface area contributed by atoms with Crippen molar-refractivity contribution in [2.75, 3.05) is 0 Å². The molecule has 0 rings (SSSR count). The van der Waals surface area contributed by atoms with Crippen LogP contribution in [0.5, 0.6) is 0 Å². The second-order valence-electron chi connectivity index (χ2n) is 1.22. The third-order valence-electron chi connectivity index (χ3n) is 0.341. The standard InChI is InChI=1S/C2H5AsO5.2Na/c4-2(5)1-3(6,7)8;;/h1H2,(H,4,5)(H2,6,7,8);;. The van der Waals surface area contributed by atoms with Crippen LogP contribution >= 0.6 is 0 Å². The van der Waals surface area contributed by atoms with Crippen molar-refractivity contribution in [3.05, 3.63) is 0 Å². The van der Waals surface area contributed by atoms with Crippen molar-refractivity contribution in [3.63, 3.8) is 0 Å². The van der Waals surface area contributed by atoms with E-state index in [1.54, 1.807) is 0 Å². The molecular weight excluding hydrogens is 225 g/mol. The molecule has 0 unspecified atom stereocenters. The fraction of sp³-hybridized carbons (Fsp3) is 0.500. The second-order valence-corrected chi connectivity index (χ2v) is 4.67. The number of hydrogen-bond donors (Lipinski definition) is 3. The minimum Gasteiger partial charge on any atom is 0 e. The first-order chi connectivity index (χ1) is 3.42. The van der Waals surface area contributed by atoms with E-state index in [2.05, 4.69) is 0 Å². The minimum absolute atomic E-state index is 0. The van der Waals surface area contributed by atoms with Crippen LogP contribution in [0.2, 0.25) is 5.21 Å². The number of carboxylic acid groups (broad SMARTS) is 1. The summed E-state index contributed by atoms with van der Waals surface area (Å²) >= 11 is -4.86. The van der Waals surface area contributed by atoms with Gasteiger partial charge in [-0.25, -0.2) is 0 Å². The summed E-state index contributed by atoms with van der Waals surface area (Å²) in [6.07, 6.45) is 0. The Balaban J connectivity index is -0.000000245. The maximum Gasteiger partial charge on any atom is 0 e. The van der Waals surface area contributed by atoms with E-state index in [9.17, 15) is 8.53 Å². The topological polar surface area (TPSA) is 94.8 Å². The Morgan fingerprint density at radius 2 is 1.60 bits per heavy atom. The van der Waals surface area contributed by atoms with Gasteiger partial charge in [0.1, 0.15) is 0 Å². The molecule has 3 N–H and O–H groups in total. The molecule has 0 aliphatic carbocycles. The summed E-state index contributed by atoms with van der Waals surface area (Å²) in [4.78, 5) is 9.54. The van der Waals surface area contributed by atoms with Crippen LogP contribution in [-0.2, 0) is 8.53 Å². The predicted octanol–water partition coefficient (Wildman–Crippen LogP) is -2.34. The fourth-order valence-corrected chi connectivity index (χ4v) is 0.916. The van der Waals surface area contributed by atoms with Crippen LogP contribution < -0.4 is 0 Å². The van der Waals surface area contributed by atoms with E-state index in [1.165, 1.54) is 0 Å². The van der Waals surface area contributed by atoms with Gasteiger partial charge in [-0.3, -0.25) is 0 Å². The van der Waals surface area contributed by atoms with Gasteiger partial charge in [-0.15, -0.1) is 0 Å². The van der Waals surface area contributed by atoms with E-state index >= 15 is 0 Å². The zero-order chi connectivity index (χ0) is 6.78. The Bertz CT molecular complexity index is 141. The number of carboxylic acids is 1. The quantitative estimate of drug-likeness (QED) is 0.462. The van der Waals surface area contributed by atoms with Crippen LogP contribution in [0.25, 0.3) is 0 Å². The summed E-state index contributed by atoms with van der Waals surface area (Å²) < 4.78 is 25.8. The van der Waals surface area contributed by atoms with Crippen molar-refractivity contribution in [1.29, 1.82) is 0 Å². The summed E-state index contributed by atoms with van der Waals surface area (Å²) in [5, 5.41) is 6.74. The van der Waals surface area contributed by atoms with E-state index in [0.717, 1.165) is 0 Å². The molecule has 50 valence electrons. The molecule has 0 aliphatic rings. The number of aliphatic carboxylic acids is 1. The van der Waals surface area contributed by atoms with Gasteiger partial charge in [-0.05, 0) is 0 Å². The van der Waals surface area contributed by atoms with Gasteiger partial charge >= 0.3 is 47.2 Å². The number of rotatable bonds is 2. The Morgan fingerprint density at radius 1 is 1.30 bits per heavy atom.